The molecule has 0 atom stereocenters. The second kappa shape index (κ2) is 9.39. The van der Waals surface area contributed by atoms with Gasteiger partial charge >= 0.3 is 0 Å². The van der Waals surface area contributed by atoms with Crippen molar-refractivity contribution in [2.24, 2.45) is 7.05 Å². The molecule has 0 aliphatic rings. The van der Waals surface area contributed by atoms with Crippen molar-refractivity contribution in [1.29, 1.82) is 0 Å². The minimum atomic E-state index is -0.162. The van der Waals surface area contributed by atoms with E-state index in [2.05, 4.69) is 10.3 Å². The Hall–Kier alpha value is -3.12. The highest BCUT2D eigenvalue weighted by Gasteiger charge is 2.13. The van der Waals surface area contributed by atoms with Gasteiger partial charge in [0.15, 0.2) is 5.82 Å². The molecule has 0 aliphatic heterocycles. The first-order valence-electron chi connectivity index (χ1n) is 9.25. The molecular formula is C22H22ClN3O3. The number of rotatable bonds is 8. The number of amides is 1. The minimum Gasteiger partial charge on any atom is -0.493 e. The number of imidazole rings is 1. The predicted octanol–water partition coefficient (Wildman–Crippen LogP) is 4.41. The first-order chi connectivity index (χ1) is 13.9. The van der Waals surface area contributed by atoms with E-state index in [1.807, 2.05) is 19.1 Å². The molecule has 0 radical (unpaired) electrons. The molecule has 29 heavy (non-hydrogen) atoms. The lowest BCUT2D eigenvalue weighted by Gasteiger charge is -2.10. The van der Waals surface area contributed by atoms with Crippen LogP contribution in [0.15, 0.2) is 54.9 Å². The van der Waals surface area contributed by atoms with E-state index in [1.54, 1.807) is 54.3 Å². The normalized spacial score (nSPS) is 10.6. The van der Waals surface area contributed by atoms with Crippen molar-refractivity contribution in [3.8, 4) is 5.75 Å². The number of carbonyl (C=O) groups is 2. The standard InChI is InChI=1S/C22H22ClN3O3/c1-15-14-17(23)7-10-19(15)29-13-3-4-20(27)25-18-8-5-16(6-9-18)21(28)22-24-11-12-26(22)2/h5-12,14H,3-4,13H2,1-2H3,(H,25,27). The van der Waals surface area contributed by atoms with Gasteiger partial charge in [-0.1, -0.05) is 11.6 Å². The van der Waals surface area contributed by atoms with Gasteiger partial charge in [-0.15, -0.1) is 0 Å². The van der Waals surface area contributed by atoms with Crippen LogP contribution in [0.4, 0.5) is 5.69 Å². The lowest BCUT2D eigenvalue weighted by Crippen LogP contribution is -2.13. The van der Waals surface area contributed by atoms with E-state index in [4.69, 9.17) is 16.3 Å². The highest BCUT2D eigenvalue weighted by molar-refractivity contribution is 6.30. The zero-order valence-corrected chi connectivity index (χ0v) is 17.1. The largest absolute Gasteiger partial charge is 0.493 e. The van der Waals surface area contributed by atoms with Gasteiger partial charge in [-0.3, -0.25) is 9.59 Å². The predicted molar refractivity (Wildman–Crippen MR) is 113 cm³/mol. The van der Waals surface area contributed by atoms with E-state index < -0.39 is 0 Å². The SMILES string of the molecule is Cc1cc(Cl)ccc1OCCCC(=O)Nc1ccc(C(=O)c2nccn2C)cc1. The Balaban J connectivity index is 1.46. The molecule has 1 heterocycles. The molecule has 2 aromatic carbocycles. The van der Waals surface area contributed by atoms with Crippen molar-refractivity contribution in [3.05, 3.63) is 76.8 Å². The second-order valence-corrected chi connectivity index (χ2v) is 7.11. The number of benzene rings is 2. The number of hydrogen-bond acceptors (Lipinski definition) is 4. The van der Waals surface area contributed by atoms with Crippen molar-refractivity contribution in [3.63, 3.8) is 0 Å². The van der Waals surface area contributed by atoms with Crippen LogP contribution >= 0.6 is 11.6 Å². The Bertz CT molecular complexity index is 1010. The van der Waals surface area contributed by atoms with Gasteiger partial charge in [0.2, 0.25) is 11.7 Å². The third-order valence-corrected chi connectivity index (χ3v) is 4.63. The van der Waals surface area contributed by atoms with Crippen molar-refractivity contribution < 1.29 is 14.3 Å². The zero-order chi connectivity index (χ0) is 20.8. The number of halogens is 1. The van der Waals surface area contributed by atoms with Crippen LogP contribution in [0, 0.1) is 6.92 Å². The van der Waals surface area contributed by atoms with Crippen molar-refractivity contribution in [2.75, 3.05) is 11.9 Å². The van der Waals surface area contributed by atoms with E-state index in [9.17, 15) is 9.59 Å². The quantitative estimate of drug-likeness (QED) is 0.440. The molecule has 0 unspecified atom stereocenters. The topological polar surface area (TPSA) is 73.2 Å². The molecule has 0 aliphatic carbocycles. The number of nitrogens with zero attached hydrogens (tertiary/aromatic N) is 2. The van der Waals surface area contributed by atoms with E-state index in [-0.39, 0.29) is 11.7 Å². The molecular weight excluding hydrogens is 390 g/mol. The monoisotopic (exact) mass is 411 g/mol. The average Bonchev–Trinajstić information content (AvgIpc) is 3.12. The number of aryl methyl sites for hydroxylation is 2. The van der Waals surface area contributed by atoms with Crippen LogP contribution in [0.3, 0.4) is 0 Å². The summed E-state index contributed by atoms with van der Waals surface area (Å²) in [6.07, 6.45) is 4.23. The molecule has 0 fully saturated rings. The van der Waals surface area contributed by atoms with E-state index in [1.165, 1.54) is 0 Å². The van der Waals surface area contributed by atoms with Gasteiger partial charge in [-0.05, 0) is 61.4 Å². The van der Waals surface area contributed by atoms with Crippen molar-refractivity contribution >= 4 is 29.0 Å². The molecule has 7 heteroatoms. The van der Waals surface area contributed by atoms with Crippen LogP contribution in [0.25, 0.3) is 0 Å². The van der Waals surface area contributed by atoms with Crippen LogP contribution in [-0.2, 0) is 11.8 Å². The summed E-state index contributed by atoms with van der Waals surface area (Å²) in [5, 5.41) is 3.50. The number of hydrogen-bond donors (Lipinski definition) is 1. The fourth-order valence-electron chi connectivity index (χ4n) is 2.83. The number of carbonyl (C=O) groups excluding carboxylic acids is 2. The van der Waals surface area contributed by atoms with Gasteiger partial charge in [0.05, 0.1) is 6.61 Å². The smallest absolute Gasteiger partial charge is 0.228 e. The van der Waals surface area contributed by atoms with E-state index in [0.717, 1.165) is 11.3 Å². The molecule has 0 saturated carbocycles. The summed E-state index contributed by atoms with van der Waals surface area (Å²) in [6.45, 7) is 2.36. The molecule has 1 aromatic heterocycles. The average molecular weight is 412 g/mol. The first-order valence-corrected chi connectivity index (χ1v) is 9.63. The summed E-state index contributed by atoms with van der Waals surface area (Å²) in [7, 11) is 1.77. The molecule has 3 rings (SSSR count). The maximum Gasteiger partial charge on any atom is 0.228 e. The van der Waals surface area contributed by atoms with Crippen LogP contribution in [0.2, 0.25) is 5.02 Å². The highest BCUT2D eigenvalue weighted by atomic mass is 35.5. The molecule has 3 aromatic rings. The van der Waals surface area contributed by atoms with Gasteiger partial charge in [0.1, 0.15) is 5.75 Å². The Morgan fingerprint density at radius 3 is 2.59 bits per heavy atom. The summed E-state index contributed by atoms with van der Waals surface area (Å²) in [4.78, 5) is 28.6. The fraction of sp³-hybridized carbons (Fsp3) is 0.227. The summed E-state index contributed by atoms with van der Waals surface area (Å²) in [5.41, 5.74) is 2.12. The van der Waals surface area contributed by atoms with Crippen LogP contribution < -0.4 is 10.1 Å². The summed E-state index contributed by atoms with van der Waals surface area (Å²) < 4.78 is 7.37. The molecule has 6 nitrogen and oxygen atoms in total. The maximum absolute atomic E-state index is 12.4. The third kappa shape index (κ3) is 5.45. The molecule has 0 bridgehead atoms. The molecule has 0 saturated heterocycles. The van der Waals surface area contributed by atoms with Crippen molar-refractivity contribution in [2.45, 2.75) is 19.8 Å². The number of ether oxygens (including phenoxy) is 1. The molecule has 150 valence electrons. The Labute approximate surface area is 174 Å². The highest BCUT2D eigenvalue weighted by Crippen LogP contribution is 2.22. The molecule has 1 amide bonds. The number of nitrogens with one attached hydrogen (secondary N) is 1. The Kier molecular flexibility index (Phi) is 6.67. The van der Waals surface area contributed by atoms with Gasteiger partial charge < -0.3 is 14.6 Å². The zero-order valence-electron chi connectivity index (χ0n) is 16.3. The second-order valence-electron chi connectivity index (χ2n) is 6.68. The van der Waals surface area contributed by atoms with Crippen LogP contribution in [-0.4, -0.2) is 27.8 Å². The molecule has 0 spiro atoms. The number of ketones is 1. The van der Waals surface area contributed by atoms with Gasteiger partial charge in [0.25, 0.3) is 0 Å². The summed E-state index contributed by atoms with van der Waals surface area (Å²) in [6, 6.07) is 12.2. The Morgan fingerprint density at radius 2 is 1.93 bits per heavy atom. The minimum absolute atomic E-state index is 0.107. The van der Waals surface area contributed by atoms with Crippen LogP contribution in [0.5, 0.6) is 5.75 Å². The lowest BCUT2D eigenvalue weighted by molar-refractivity contribution is -0.116. The van der Waals surface area contributed by atoms with E-state index >= 15 is 0 Å². The lowest BCUT2D eigenvalue weighted by atomic mass is 10.1. The number of anilines is 1. The summed E-state index contributed by atoms with van der Waals surface area (Å²) in [5.74, 6) is 0.870. The van der Waals surface area contributed by atoms with Crippen molar-refractivity contribution in [1.82, 2.24) is 9.55 Å². The summed E-state index contributed by atoms with van der Waals surface area (Å²) >= 11 is 5.93. The first kappa shape index (κ1) is 20.6. The maximum atomic E-state index is 12.4. The van der Waals surface area contributed by atoms with E-state index in [0.29, 0.717) is 41.5 Å². The Morgan fingerprint density at radius 1 is 1.17 bits per heavy atom. The molecule has 1 N–H and O–H groups in total. The van der Waals surface area contributed by atoms with Gasteiger partial charge in [-0.25, -0.2) is 4.98 Å². The van der Waals surface area contributed by atoms with Crippen LogP contribution in [0.1, 0.15) is 34.6 Å². The third-order valence-electron chi connectivity index (χ3n) is 4.40. The van der Waals surface area contributed by atoms with Gasteiger partial charge in [0, 0.05) is 42.1 Å². The number of aromatic nitrogens is 2. The van der Waals surface area contributed by atoms with Gasteiger partial charge in [-0.2, -0.15) is 0 Å². The fourth-order valence-corrected chi connectivity index (χ4v) is 3.06.